The summed E-state index contributed by atoms with van der Waals surface area (Å²) in [6.07, 6.45) is 0. The summed E-state index contributed by atoms with van der Waals surface area (Å²) in [5.74, 6) is 0.803. The highest BCUT2D eigenvalue weighted by Crippen LogP contribution is 2.19. The Kier molecular flexibility index (Phi) is 2.33. The van der Waals surface area contributed by atoms with Crippen molar-refractivity contribution in [2.75, 3.05) is 7.11 Å². The lowest BCUT2D eigenvalue weighted by molar-refractivity contribution is 0.415. The Morgan fingerprint density at radius 1 is 1.27 bits per heavy atom. The predicted octanol–water partition coefficient (Wildman–Crippen LogP) is 1.39. The largest absolute Gasteiger partial charge is 0.497 e. The SMILES string of the molecule is COc1ccc(-c2cc(=O)n(C)[nH]2)cc1. The molecule has 0 saturated carbocycles. The number of rotatable bonds is 2. The monoisotopic (exact) mass is 204 g/mol. The first kappa shape index (κ1) is 9.58. The lowest BCUT2D eigenvalue weighted by Crippen LogP contribution is -2.09. The summed E-state index contributed by atoms with van der Waals surface area (Å²) >= 11 is 0. The van der Waals surface area contributed by atoms with E-state index in [1.165, 1.54) is 4.68 Å². The number of methoxy groups -OCH3 is 1. The van der Waals surface area contributed by atoms with Gasteiger partial charge in [-0.2, -0.15) is 0 Å². The summed E-state index contributed by atoms with van der Waals surface area (Å²) in [4.78, 5) is 11.2. The van der Waals surface area contributed by atoms with Crippen LogP contribution in [-0.4, -0.2) is 16.9 Å². The zero-order valence-corrected chi connectivity index (χ0v) is 8.65. The molecule has 0 atom stereocenters. The van der Waals surface area contributed by atoms with E-state index in [4.69, 9.17) is 4.74 Å². The molecule has 0 amide bonds. The number of benzene rings is 1. The number of aromatic amines is 1. The summed E-state index contributed by atoms with van der Waals surface area (Å²) < 4.78 is 6.50. The van der Waals surface area contributed by atoms with Crippen LogP contribution in [0.3, 0.4) is 0 Å². The van der Waals surface area contributed by atoms with E-state index in [-0.39, 0.29) is 5.56 Å². The van der Waals surface area contributed by atoms with Crippen LogP contribution >= 0.6 is 0 Å². The Balaban J connectivity index is 2.41. The maximum absolute atomic E-state index is 11.2. The minimum Gasteiger partial charge on any atom is -0.497 e. The Morgan fingerprint density at radius 2 is 1.93 bits per heavy atom. The smallest absolute Gasteiger partial charge is 0.266 e. The van der Waals surface area contributed by atoms with E-state index in [0.29, 0.717) is 0 Å². The standard InChI is InChI=1S/C11H12N2O2/c1-13-11(14)7-10(12-13)8-3-5-9(15-2)6-4-8/h3-7,12H,1-2H3. The summed E-state index contributed by atoms with van der Waals surface area (Å²) in [6.45, 7) is 0. The van der Waals surface area contributed by atoms with Gasteiger partial charge in [0.2, 0.25) is 0 Å². The van der Waals surface area contributed by atoms with Gasteiger partial charge in [0.25, 0.3) is 5.56 Å². The molecular weight excluding hydrogens is 192 g/mol. The molecule has 15 heavy (non-hydrogen) atoms. The van der Waals surface area contributed by atoms with E-state index in [1.54, 1.807) is 20.2 Å². The van der Waals surface area contributed by atoms with Gasteiger partial charge in [-0.05, 0) is 29.8 Å². The molecule has 0 aliphatic carbocycles. The molecule has 0 fully saturated rings. The molecule has 1 N–H and O–H groups in total. The average molecular weight is 204 g/mol. The van der Waals surface area contributed by atoms with Gasteiger partial charge < -0.3 is 4.74 Å². The number of nitrogens with zero attached hydrogens (tertiary/aromatic N) is 1. The van der Waals surface area contributed by atoms with Crippen LogP contribution in [0.1, 0.15) is 0 Å². The van der Waals surface area contributed by atoms with Gasteiger partial charge in [-0.15, -0.1) is 0 Å². The molecule has 4 heteroatoms. The lowest BCUT2D eigenvalue weighted by atomic mass is 10.1. The fraction of sp³-hybridized carbons (Fsp3) is 0.182. The summed E-state index contributed by atoms with van der Waals surface area (Å²) in [5, 5.41) is 2.96. The molecule has 0 saturated heterocycles. The van der Waals surface area contributed by atoms with Crippen molar-refractivity contribution in [3.05, 3.63) is 40.7 Å². The van der Waals surface area contributed by atoms with Crippen molar-refractivity contribution >= 4 is 0 Å². The maximum atomic E-state index is 11.2. The van der Waals surface area contributed by atoms with E-state index < -0.39 is 0 Å². The Labute approximate surface area is 87.1 Å². The van der Waals surface area contributed by atoms with Gasteiger partial charge in [0, 0.05) is 13.1 Å². The Hall–Kier alpha value is -1.97. The first-order valence-corrected chi connectivity index (χ1v) is 4.61. The molecule has 78 valence electrons. The highest BCUT2D eigenvalue weighted by molar-refractivity contribution is 5.59. The van der Waals surface area contributed by atoms with E-state index in [9.17, 15) is 4.79 Å². The highest BCUT2D eigenvalue weighted by atomic mass is 16.5. The summed E-state index contributed by atoms with van der Waals surface area (Å²) in [5.41, 5.74) is 1.74. The van der Waals surface area contributed by atoms with E-state index in [2.05, 4.69) is 5.10 Å². The molecule has 0 aliphatic heterocycles. The number of H-pyrrole nitrogens is 1. The molecule has 0 radical (unpaired) electrons. The number of aromatic nitrogens is 2. The number of ether oxygens (including phenoxy) is 1. The van der Waals surface area contributed by atoms with E-state index in [1.807, 2.05) is 24.3 Å². The molecule has 4 nitrogen and oxygen atoms in total. The summed E-state index contributed by atoms with van der Waals surface area (Å²) in [7, 11) is 3.31. The molecule has 0 unspecified atom stereocenters. The van der Waals surface area contributed by atoms with Crippen LogP contribution in [0.4, 0.5) is 0 Å². The van der Waals surface area contributed by atoms with Gasteiger partial charge in [-0.3, -0.25) is 14.6 Å². The Morgan fingerprint density at radius 3 is 2.40 bits per heavy atom. The minimum atomic E-state index is -0.0409. The van der Waals surface area contributed by atoms with Crippen LogP contribution in [0, 0.1) is 0 Å². The second-order valence-corrected chi connectivity index (χ2v) is 3.30. The zero-order chi connectivity index (χ0) is 10.8. The topological polar surface area (TPSA) is 47.0 Å². The fourth-order valence-corrected chi connectivity index (χ4v) is 1.41. The predicted molar refractivity (Wildman–Crippen MR) is 58.0 cm³/mol. The maximum Gasteiger partial charge on any atom is 0.266 e. The molecule has 2 rings (SSSR count). The first-order chi connectivity index (χ1) is 7.20. The van der Waals surface area contributed by atoms with Crippen molar-refractivity contribution in [2.45, 2.75) is 0 Å². The van der Waals surface area contributed by atoms with Crippen LogP contribution in [0.2, 0.25) is 0 Å². The normalized spacial score (nSPS) is 10.3. The van der Waals surface area contributed by atoms with Crippen molar-refractivity contribution in [3.8, 4) is 17.0 Å². The minimum absolute atomic E-state index is 0.0409. The third-order valence-electron chi connectivity index (χ3n) is 2.29. The molecule has 2 aromatic rings. The highest BCUT2D eigenvalue weighted by Gasteiger charge is 2.02. The molecule has 0 aliphatic rings. The van der Waals surface area contributed by atoms with Crippen LogP contribution < -0.4 is 10.3 Å². The van der Waals surface area contributed by atoms with Gasteiger partial charge >= 0.3 is 0 Å². The van der Waals surface area contributed by atoms with Crippen LogP contribution in [-0.2, 0) is 7.05 Å². The van der Waals surface area contributed by atoms with Gasteiger partial charge in [0.05, 0.1) is 12.8 Å². The third kappa shape index (κ3) is 1.79. The Bertz CT molecular complexity index is 508. The first-order valence-electron chi connectivity index (χ1n) is 4.61. The number of aryl methyl sites for hydroxylation is 1. The molecule has 0 bridgehead atoms. The number of hydrogen-bond acceptors (Lipinski definition) is 2. The molecule has 0 spiro atoms. The van der Waals surface area contributed by atoms with Crippen LogP contribution in [0.15, 0.2) is 35.1 Å². The van der Waals surface area contributed by atoms with Gasteiger partial charge in [-0.25, -0.2) is 0 Å². The van der Waals surface area contributed by atoms with Gasteiger partial charge in [0.15, 0.2) is 0 Å². The van der Waals surface area contributed by atoms with Crippen molar-refractivity contribution in [1.29, 1.82) is 0 Å². The number of nitrogens with one attached hydrogen (secondary N) is 1. The molecule has 1 heterocycles. The fourth-order valence-electron chi connectivity index (χ4n) is 1.41. The van der Waals surface area contributed by atoms with Gasteiger partial charge in [-0.1, -0.05) is 0 Å². The zero-order valence-electron chi connectivity index (χ0n) is 8.65. The van der Waals surface area contributed by atoms with Crippen molar-refractivity contribution in [2.24, 2.45) is 7.05 Å². The van der Waals surface area contributed by atoms with E-state index in [0.717, 1.165) is 17.0 Å². The molecular formula is C11H12N2O2. The average Bonchev–Trinajstić information content (AvgIpc) is 2.59. The second kappa shape index (κ2) is 3.65. The lowest BCUT2D eigenvalue weighted by Gasteiger charge is -2.00. The van der Waals surface area contributed by atoms with Crippen LogP contribution in [0.5, 0.6) is 5.75 Å². The second-order valence-electron chi connectivity index (χ2n) is 3.30. The van der Waals surface area contributed by atoms with Crippen molar-refractivity contribution in [1.82, 2.24) is 9.78 Å². The van der Waals surface area contributed by atoms with Crippen molar-refractivity contribution in [3.63, 3.8) is 0 Å². The molecule has 1 aromatic heterocycles. The quantitative estimate of drug-likeness (QED) is 0.803. The molecule has 1 aromatic carbocycles. The van der Waals surface area contributed by atoms with E-state index >= 15 is 0 Å². The van der Waals surface area contributed by atoms with Crippen molar-refractivity contribution < 1.29 is 4.74 Å². The van der Waals surface area contributed by atoms with Crippen LogP contribution in [0.25, 0.3) is 11.3 Å². The number of hydrogen-bond donors (Lipinski definition) is 1. The third-order valence-corrected chi connectivity index (χ3v) is 2.29. The van der Waals surface area contributed by atoms with Gasteiger partial charge in [0.1, 0.15) is 5.75 Å². The summed E-state index contributed by atoms with van der Waals surface area (Å²) in [6, 6.07) is 9.11.